The number of rotatable bonds is 3. The van der Waals surface area contributed by atoms with Crippen molar-refractivity contribution in [1.82, 2.24) is 4.98 Å². The third-order valence-electron chi connectivity index (χ3n) is 3.21. The maximum Gasteiger partial charge on any atom is 0.110 e. The molecule has 0 aromatic carbocycles. The van der Waals surface area contributed by atoms with Gasteiger partial charge < -0.3 is 0 Å². The standard InChI is InChI=1S/C13H17BrN2/c1-9(2)13(8-15,10(3)4)11-6-5-7-16-12(11)14/h5-7,9-10H,1-4H3. The summed E-state index contributed by atoms with van der Waals surface area (Å²) in [5.41, 5.74) is 0.509. The lowest BCUT2D eigenvalue weighted by Crippen LogP contribution is -2.36. The van der Waals surface area contributed by atoms with Gasteiger partial charge in [0, 0.05) is 11.8 Å². The topological polar surface area (TPSA) is 36.7 Å². The summed E-state index contributed by atoms with van der Waals surface area (Å²) >= 11 is 3.45. The molecule has 0 spiro atoms. The summed E-state index contributed by atoms with van der Waals surface area (Å²) < 4.78 is 0.777. The zero-order valence-electron chi connectivity index (χ0n) is 10.2. The first-order valence-electron chi connectivity index (χ1n) is 5.49. The van der Waals surface area contributed by atoms with E-state index in [-0.39, 0.29) is 11.8 Å². The van der Waals surface area contributed by atoms with Crippen molar-refractivity contribution in [2.45, 2.75) is 33.1 Å². The molecule has 0 bridgehead atoms. The van der Waals surface area contributed by atoms with Crippen LogP contribution in [0.4, 0.5) is 0 Å². The van der Waals surface area contributed by atoms with Gasteiger partial charge in [-0.1, -0.05) is 33.8 Å². The molecule has 0 aliphatic rings. The van der Waals surface area contributed by atoms with Gasteiger partial charge in [-0.3, -0.25) is 0 Å². The summed E-state index contributed by atoms with van der Waals surface area (Å²) in [7, 11) is 0. The van der Waals surface area contributed by atoms with Gasteiger partial charge in [0.1, 0.15) is 4.60 Å². The Morgan fingerprint density at radius 2 is 1.88 bits per heavy atom. The first kappa shape index (κ1) is 13.2. The Bertz CT molecular complexity index is 397. The molecule has 0 N–H and O–H groups in total. The highest BCUT2D eigenvalue weighted by atomic mass is 79.9. The number of aromatic nitrogens is 1. The molecule has 0 aliphatic heterocycles. The van der Waals surface area contributed by atoms with Crippen LogP contribution in [0.25, 0.3) is 0 Å². The van der Waals surface area contributed by atoms with Crippen LogP contribution in [0.1, 0.15) is 33.3 Å². The van der Waals surface area contributed by atoms with Crippen LogP contribution < -0.4 is 0 Å². The smallest absolute Gasteiger partial charge is 0.110 e. The van der Waals surface area contributed by atoms with E-state index < -0.39 is 5.41 Å². The Hall–Kier alpha value is -0.880. The van der Waals surface area contributed by atoms with E-state index in [2.05, 4.69) is 54.7 Å². The molecule has 1 rings (SSSR count). The molecule has 1 heterocycles. The molecule has 1 aromatic heterocycles. The highest BCUT2D eigenvalue weighted by Gasteiger charge is 2.40. The van der Waals surface area contributed by atoms with Crippen molar-refractivity contribution >= 4 is 15.9 Å². The highest BCUT2D eigenvalue weighted by Crippen LogP contribution is 2.41. The number of hydrogen-bond acceptors (Lipinski definition) is 2. The molecule has 1 aromatic rings. The maximum absolute atomic E-state index is 9.60. The predicted octanol–water partition coefficient (Wildman–Crippen LogP) is 3.92. The lowest BCUT2D eigenvalue weighted by atomic mass is 9.66. The minimum Gasteiger partial charge on any atom is -0.249 e. The Morgan fingerprint density at radius 3 is 2.25 bits per heavy atom. The molecular formula is C13H17BrN2. The fourth-order valence-corrected chi connectivity index (χ4v) is 2.88. The zero-order chi connectivity index (χ0) is 12.3. The summed E-state index contributed by atoms with van der Waals surface area (Å²) in [6.45, 7) is 8.34. The monoisotopic (exact) mass is 280 g/mol. The predicted molar refractivity (Wildman–Crippen MR) is 68.9 cm³/mol. The Balaban J connectivity index is 3.45. The lowest BCUT2D eigenvalue weighted by Gasteiger charge is -2.35. The van der Waals surface area contributed by atoms with E-state index in [1.165, 1.54) is 0 Å². The minimum absolute atomic E-state index is 0.248. The van der Waals surface area contributed by atoms with E-state index in [9.17, 15) is 5.26 Å². The van der Waals surface area contributed by atoms with Gasteiger partial charge in [-0.15, -0.1) is 0 Å². The summed E-state index contributed by atoms with van der Waals surface area (Å²) in [6, 6.07) is 6.37. The van der Waals surface area contributed by atoms with Crippen molar-refractivity contribution in [2.75, 3.05) is 0 Å². The Kier molecular flexibility index (Phi) is 4.09. The quantitative estimate of drug-likeness (QED) is 0.787. The molecule has 0 fully saturated rings. The number of halogens is 1. The van der Waals surface area contributed by atoms with Crippen molar-refractivity contribution in [2.24, 2.45) is 11.8 Å². The van der Waals surface area contributed by atoms with E-state index in [0.717, 1.165) is 10.2 Å². The molecule has 0 amide bonds. The second-order valence-corrected chi connectivity index (χ2v) is 5.38. The minimum atomic E-state index is -0.479. The zero-order valence-corrected chi connectivity index (χ0v) is 11.7. The maximum atomic E-state index is 9.60. The summed E-state index contributed by atoms with van der Waals surface area (Å²) in [5, 5.41) is 9.60. The summed E-state index contributed by atoms with van der Waals surface area (Å²) in [5.74, 6) is 0.496. The van der Waals surface area contributed by atoms with Crippen LogP contribution in [-0.2, 0) is 5.41 Å². The van der Waals surface area contributed by atoms with Gasteiger partial charge in [-0.25, -0.2) is 4.98 Å². The second-order valence-electron chi connectivity index (χ2n) is 4.63. The molecule has 3 heteroatoms. The molecule has 0 unspecified atom stereocenters. The fourth-order valence-electron chi connectivity index (χ4n) is 2.30. The molecule has 0 radical (unpaired) electrons. The van der Waals surface area contributed by atoms with E-state index >= 15 is 0 Å². The first-order chi connectivity index (χ1) is 7.46. The highest BCUT2D eigenvalue weighted by molar-refractivity contribution is 9.10. The molecule has 16 heavy (non-hydrogen) atoms. The van der Waals surface area contributed by atoms with Gasteiger partial charge >= 0.3 is 0 Å². The summed E-state index contributed by atoms with van der Waals surface area (Å²) in [4.78, 5) is 4.22. The number of nitriles is 1. The van der Waals surface area contributed by atoms with Crippen molar-refractivity contribution < 1.29 is 0 Å². The van der Waals surface area contributed by atoms with Gasteiger partial charge in [0.25, 0.3) is 0 Å². The average Bonchev–Trinajstić information content (AvgIpc) is 2.21. The van der Waals surface area contributed by atoms with Crippen molar-refractivity contribution in [3.05, 3.63) is 28.5 Å². The average molecular weight is 281 g/mol. The van der Waals surface area contributed by atoms with Crippen LogP contribution in [0.15, 0.2) is 22.9 Å². The molecule has 0 saturated carbocycles. The van der Waals surface area contributed by atoms with Gasteiger partial charge in [-0.05, 0) is 33.8 Å². The normalized spacial score (nSPS) is 11.9. The van der Waals surface area contributed by atoms with Gasteiger partial charge in [-0.2, -0.15) is 5.26 Å². The number of pyridine rings is 1. The lowest BCUT2D eigenvalue weighted by molar-refractivity contribution is 0.293. The van der Waals surface area contributed by atoms with Gasteiger partial charge in [0.15, 0.2) is 0 Å². The molecule has 0 saturated heterocycles. The van der Waals surface area contributed by atoms with E-state index in [1.807, 2.05) is 12.1 Å². The Labute approximate surface area is 106 Å². The number of nitrogens with zero attached hydrogens (tertiary/aromatic N) is 2. The van der Waals surface area contributed by atoms with Crippen molar-refractivity contribution in [3.8, 4) is 6.07 Å². The molecule has 0 atom stereocenters. The van der Waals surface area contributed by atoms with Crippen LogP contribution in [0, 0.1) is 23.2 Å². The van der Waals surface area contributed by atoms with E-state index in [1.54, 1.807) is 6.20 Å². The molecule has 86 valence electrons. The summed E-state index contributed by atoms with van der Waals surface area (Å²) in [6.07, 6.45) is 1.73. The fraction of sp³-hybridized carbons (Fsp3) is 0.538. The van der Waals surface area contributed by atoms with Crippen LogP contribution in [-0.4, -0.2) is 4.98 Å². The second kappa shape index (κ2) is 4.97. The largest absolute Gasteiger partial charge is 0.249 e. The first-order valence-corrected chi connectivity index (χ1v) is 6.28. The molecule has 2 nitrogen and oxygen atoms in total. The number of hydrogen-bond donors (Lipinski definition) is 0. The van der Waals surface area contributed by atoms with E-state index in [4.69, 9.17) is 0 Å². The van der Waals surface area contributed by atoms with Crippen LogP contribution in [0.5, 0.6) is 0 Å². The third kappa shape index (κ3) is 1.99. The van der Waals surface area contributed by atoms with Crippen LogP contribution in [0.3, 0.4) is 0 Å². The SMILES string of the molecule is CC(C)C(C#N)(c1cccnc1Br)C(C)C. The van der Waals surface area contributed by atoms with Crippen LogP contribution in [0.2, 0.25) is 0 Å². The Morgan fingerprint density at radius 1 is 1.31 bits per heavy atom. The molecule has 0 aliphatic carbocycles. The van der Waals surface area contributed by atoms with Crippen LogP contribution >= 0.6 is 15.9 Å². The van der Waals surface area contributed by atoms with Crippen molar-refractivity contribution in [3.63, 3.8) is 0 Å². The van der Waals surface area contributed by atoms with Gasteiger partial charge in [0.2, 0.25) is 0 Å². The molecular weight excluding hydrogens is 264 g/mol. The van der Waals surface area contributed by atoms with Gasteiger partial charge in [0.05, 0.1) is 11.5 Å². The van der Waals surface area contributed by atoms with Crippen molar-refractivity contribution in [1.29, 1.82) is 5.26 Å². The van der Waals surface area contributed by atoms with E-state index in [0.29, 0.717) is 0 Å². The third-order valence-corrected chi connectivity index (χ3v) is 3.84.